The molecule has 0 spiro atoms. The predicted octanol–water partition coefficient (Wildman–Crippen LogP) is 1.68. The first-order chi connectivity index (χ1) is 7.75. The lowest BCUT2D eigenvalue weighted by molar-refractivity contribution is -0.120. The fraction of sp³-hybridized carbons (Fsp3) is 0.923. The molecule has 1 unspecified atom stereocenters. The van der Waals surface area contributed by atoms with Crippen molar-refractivity contribution in [1.82, 2.24) is 10.6 Å². The predicted molar refractivity (Wildman–Crippen MR) is 65.2 cm³/mol. The summed E-state index contributed by atoms with van der Waals surface area (Å²) < 4.78 is 0. The summed E-state index contributed by atoms with van der Waals surface area (Å²) in [6.07, 6.45) is 7.84. The molecule has 0 bridgehead atoms. The van der Waals surface area contributed by atoms with E-state index in [-0.39, 0.29) is 5.91 Å². The second-order valence-corrected chi connectivity index (χ2v) is 5.48. The lowest BCUT2D eigenvalue weighted by atomic mass is 10.1. The Morgan fingerprint density at radius 2 is 1.94 bits per heavy atom. The largest absolute Gasteiger partial charge is 0.355 e. The number of carbonyl (C=O) groups is 1. The van der Waals surface area contributed by atoms with Crippen molar-refractivity contribution in [2.24, 2.45) is 11.8 Å². The Morgan fingerprint density at radius 3 is 2.56 bits per heavy atom. The van der Waals surface area contributed by atoms with Crippen LogP contribution < -0.4 is 10.6 Å². The number of nitrogens with one attached hydrogen (secondary N) is 2. The summed E-state index contributed by atoms with van der Waals surface area (Å²) in [5, 5.41) is 6.36. The van der Waals surface area contributed by atoms with Gasteiger partial charge in [0.1, 0.15) is 0 Å². The highest BCUT2D eigenvalue weighted by atomic mass is 16.1. The van der Waals surface area contributed by atoms with Gasteiger partial charge in [0.2, 0.25) is 5.91 Å². The quantitative estimate of drug-likeness (QED) is 0.721. The second kappa shape index (κ2) is 5.67. The number of amides is 1. The summed E-state index contributed by atoms with van der Waals surface area (Å²) in [6, 6.07) is 0.589. The van der Waals surface area contributed by atoms with E-state index < -0.39 is 0 Å². The van der Waals surface area contributed by atoms with Gasteiger partial charge in [0, 0.05) is 12.6 Å². The van der Waals surface area contributed by atoms with Gasteiger partial charge in [0.05, 0.1) is 6.54 Å². The molecular formula is C13H24N2O. The lowest BCUT2D eigenvalue weighted by Crippen LogP contribution is -2.39. The zero-order valence-corrected chi connectivity index (χ0v) is 10.3. The van der Waals surface area contributed by atoms with Crippen LogP contribution in [0, 0.1) is 11.8 Å². The molecule has 0 aromatic carbocycles. The maximum atomic E-state index is 11.6. The van der Waals surface area contributed by atoms with Gasteiger partial charge in [0.25, 0.3) is 0 Å². The zero-order valence-electron chi connectivity index (χ0n) is 10.3. The molecule has 3 nitrogen and oxygen atoms in total. The first-order valence-electron chi connectivity index (χ1n) is 6.76. The van der Waals surface area contributed by atoms with Crippen molar-refractivity contribution >= 4 is 5.91 Å². The summed E-state index contributed by atoms with van der Waals surface area (Å²) in [5.41, 5.74) is 0. The number of hydrogen-bond acceptors (Lipinski definition) is 2. The summed E-state index contributed by atoms with van der Waals surface area (Å²) in [7, 11) is 0. The summed E-state index contributed by atoms with van der Waals surface area (Å²) in [4.78, 5) is 11.6. The van der Waals surface area contributed by atoms with Crippen LogP contribution in [0.2, 0.25) is 0 Å². The van der Waals surface area contributed by atoms with Gasteiger partial charge >= 0.3 is 0 Å². The minimum atomic E-state index is 0.166. The van der Waals surface area contributed by atoms with Gasteiger partial charge in [-0.3, -0.25) is 4.79 Å². The van der Waals surface area contributed by atoms with E-state index in [1.54, 1.807) is 0 Å². The fourth-order valence-electron chi connectivity index (χ4n) is 2.54. The van der Waals surface area contributed by atoms with Crippen LogP contribution in [0.25, 0.3) is 0 Å². The van der Waals surface area contributed by atoms with E-state index in [0.717, 1.165) is 12.5 Å². The maximum absolute atomic E-state index is 11.6. The molecule has 0 heterocycles. The third-order valence-corrected chi connectivity index (χ3v) is 3.95. The molecule has 2 fully saturated rings. The van der Waals surface area contributed by atoms with E-state index >= 15 is 0 Å². The minimum Gasteiger partial charge on any atom is -0.355 e. The molecule has 1 atom stereocenters. The third kappa shape index (κ3) is 3.78. The Labute approximate surface area is 98.4 Å². The summed E-state index contributed by atoms with van der Waals surface area (Å²) >= 11 is 0. The second-order valence-electron chi connectivity index (χ2n) is 5.48. The van der Waals surface area contributed by atoms with Crippen LogP contribution in [0.1, 0.15) is 45.4 Å². The highest BCUT2D eigenvalue weighted by molar-refractivity contribution is 5.78. The molecular weight excluding hydrogens is 200 g/mol. The first-order valence-corrected chi connectivity index (χ1v) is 6.76. The van der Waals surface area contributed by atoms with Crippen LogP contribution in [0.4, 0.5) is 0 Å². The molecule has 2 N–H and O–H groups in total. The molecule has 0 aromatic heterocycles. The van der Waals surface area contributed by atoms with E-state index in [1.165, 1.54) is 38.5 Å². The Kier molecular flexibility index (Phi) is 4.22. The topological polar surface area (TPSA) is 41.1 Å². The average Bonchev–Trinajstić information content (AvgIpc) is 3.01. The number of rotatable bonds is 6. The van der Waals surface area contributed by atoms with Crippen LogP contribution in [-0.4, -0.2) is 25.0 Å². The standard InChI is InChI=1S/C13H24N2O/c1-10(11-6-7-11)8-15-13(16)9-14-12-4-2-3-5-12/h10-12,14H,2-9H2,1H3,(H,15,16). The molecule has 2 aliphatic rings. The van der Waals surface area contributed by atoms with Crippen molar-refractivity contribution in [3.63, 3.8) is 0 Å². The van der Waals surface area contributed by atoms with Crippen molar-refractivity contribution in [1.29, 1.82) is 0 Å². The van der Waals surface area contributed by atoms with E-state index in [1.807, 2.05) is 0 Å². The molecule has 2 rings (SSSR count). The Morgan fingerprint density at radius 1 is 1.25 bits per heavy atom. The zero-order chi connectivity index (χ0) is 11.4. The summed E-state index contributed by atoms with van der Waals surface area (Å²) in [5.74, 6) is 1.71. The van der Waals surface area contributed by atoms with Gasteiger partial charge in [-0.2, -0.15) is 0 Å². The van der Waals surface area contributed by atoms with Crippen molar-refractivity contribution in [2.45, 2.75) is 51.5 Å². The molecule has 0 aliphatic heterocycles. The average molecular weight is 224 g/mol. The van der Waals surface area contributed by atoms with Gasteiger partial charge in [-0.25, -0.2) is 0 Å². The van der Waals surface area contributed by atoms with E-state index in [2.05, 4.69) is 17.6 Å². The van der Waals surface area contributed by atoms with Gasteiger partial charge < -0.3 is 10.6 Å². The van der Waals surface area contributed by atoms with Crippen LogP contribution in [0.15, 0.2) is 0 Å². The molecule has 0 saturated heterocycles. The van der Waals surface area contributed by atoms with Crippen LogP contribution >= 0.6 is 0 Å². The maximum Gasteiger partial charge on any atom is 0.233 e. The van der Waals surface area contributed by atoms with Crippen LogP contribution in [0.5, 0.6) is 0 Å². The highest BCUT2D eigenvalue weighted by Gasteiger charge is 2.27. The third-order valence-electron chi connectivity index (χ3n) is 3.95. The summed E-state index contributed by atoms with van der Waals surface area (Å²) in [6.45, 7) is 3.60. The minimum absolute atomic E-state index is 0.166. The van der Waals surface area contributed by atoms with Crippen LogP contribution in [0.3, 0.4) is 0 Å². The normalized spacial score (nSPS) is 23.3. The smallest absolute Gasteiger partial charge is 0.233 e. The van der Waals surface area contributed by atoms with Crippen molar-refractivity contribution < 1.29 is 4.79 Å². The van der Waals surface area contributed by atoms with Crippen molar-refractivity contribution in [2.75, 3.05) is 13.1 Å². The van der Waals surface area contributed by atoms with Gasteiger partial charge in [-0.15, -0.1) is 0 Å². The fourth-order valence-corrected chi connectivity index (χ4v) is 2.54. The van der Waals surface area contributed by atoms with E-state index in [4.69, 9.17) is 0 Å². The first kappa shape index (κ1) is 11.9. The monoisotopic (exact) mass is 224 g/mol. The molecule has 16 heavy (non-hydrogen) atoms. The van der Waals surface area contributed by atoms with Gasteiger partial charge in [-0.05, 0) is 37.5 Å². The van der Waals surface area contributed by atoms with Gasteiger partial charge in [-0.1, -0.05) is 19.8 Å². The molecule has 92 valence electrons. The molecule has 0 aromatic rings. The molecule has 2 saturated carbocycles. The van der Waals surface area contributed by atoms with E-state index in [0.29, 0.717) is 18.5 Å². The molecule has 2 aliphatic carbocycles. The van der Waals surface area contributed by atoms with Crippen LogP contribution in [-0.2, 0) is 4.79 Å². The van der Waals surface area contributed by atoms with Crippen molar-refractivity contribution in [3.8, 4) is 0 Å². The highest BCUT2D eigenvalue weighted by Crippen LogP contribution is 2.35. The lowest BCUT2D eigenvalue weighted by Gasteiger charge is -2.14. The Balaban J connectivity index is 1.53. The SMILES string of the molecule is CC(CNC(=O)CNC1CCCC1)C1CC1. The number of hydrogen-bond donors (Lipinski definition) is 2. The van der Waals surface area contributed by atoms with Gasteiger partial charge in [0.15, 0.2) is 0 Å². The Bertz CT molecular complexity index is 224. The van der Waals surface area contributed by atoms with Crippen molar-refractivity contribution in [3.05, 3.63) is 0 Å². The van der Waals surface area contributed by atoms with E-state index in [9.17, 15) is 4.79 Å². The number of carbonyl (C=O) groups excluding carboxylic acids is 1. The molecule has 0 radical (unpaired) electrons. The molecule has 3 heteroatoms. The Hall–Kier alpha value is -0.570. The molecule has 1 amide bonds.